The smallest absolute Gasteiger partial charge is 0.137 e. The van der Waals surface area contributed by atoms with Crippen LogP contribution in [0, 0.1) is 11.3 Å². The Morgan fingerprint density at radius 3 is 2.25 bits per heavy atom. The molecule has 9 aromatic rings. The summed E-state index contributed by atoms with van der Waals surface area (Å²) < 4.78 is 14.8. The van der Waals surface area contributed by atoms with Gasteiger partial charge in [0.2, 0.25) is 0 Å². The van der Waals surface area contributed by atoms with E-state index in [9.17, 15) is 5.26 Å². The first-order valence-electron chi connectivity index (χ1n) is 14.5. The van der Waals surface area contributed by atoms with Crippen molar-refractivity contribution in [2.75, 3.05) is 0 Å². The van der Waals surface area contributed by atoms with Crippen LogP contribution in [-0.4, -0.2) is 11.3 Å². The maximum absolute atomic E-state index is 10.4. The molecule has 0 aliphatic carbocycles. The van der Waals surface area contributed by atoms with Gasteiger partial charge in [0.15, 0.2) is 0 Å². The summed E-state index contributed by atoms with van der Waals surface area (Å²) in [5.74, 6) is 0. The lowest BCUT2D eigenvalue weighted by molar-refractivity contribution is 0.668. The molecular weight excluding hydrogens is 542 g/mol. The van der Waals surface area contributed by atoms with Crippen molar-refractivity contribution >= 4 is 72.4 Å². The summed E-state index contributed by atoms with van der Waals surface area (Å²) in [6.45, 7) is 4.19. The zero-order valence-corrected chi connectivity index (χ0v) is 23.5. The molecule has 0 atom stereocenters. The summed E-state index contributed by atoms with van der Waals surface area (Å²) in [7, 11) is 0. The Kier molecular flexibility index (Phi) is 5.11. The van der Waals surface area contributed by atoms with Crippen molar-refractivity contribution < 1.29 is 8.83 Å². The largest absolute Gasteiger partial charge is 0.456 e. The Labute approximate surface area is 251 Å². The summed E-state index contributed by atoms with van der Waals surface area (Å²) >= 11 is 0. The molecular formula is C39H23N3O2. The molecule has 0 amide bonds. The molecule has 5 nitrogen and oxygen atoms in total. The standard InChI is InChI=1S/C39H23N3O2/c1-41-22-23-13-16-34-29(19-23)30-20-24(14-17-35(30)43-34)37-25(21-40)7-6-11-32(37)42-31-10-4-2-8-26(31)27-15-18-36-38(39(27)42)28-9-3-5-12-33(28)44-36/h2-20H,1,22H2. The van der Waals surface area contributed by atoms with Crippen molar-refractivity contribution in [3.63, 3.8) is 0 Å². The second kappa shape index (κ2) is 9.19. The number of hydrogen-bond acceptors (Lipinski definition) is 4. The maximum Gasteiger partial charge on any atom is 0.137 e. The van der Waals surface area contributed by atoms with Gasteiger partial charge >= 0.3 is 0 Å². The number of nitrogens with zero attached hydrogens (tertiary/aromatic N) is 3. The first-order valence-corrected chi connectivity index (χ1v) is 14.5. The minimum atomic E-state index is 0.536. The van der Waals surface area contributed by atoms with E-state index in [2.05, 4.69) is 83.0 Å². The highest BCUT2D eigenvalue weighted by Gasteiger charge is 2.22. The normalized spacial score (nSPS) is 11.8. The first kappa shape index (κ1) is 24.5. The third-order valence-electron chi connectivity index (χ3n) is 8.70. The van der Waals surface area contributed by atoms with E-state index in [-0.39, 0.29) is 0 Å². The molecule has 0 fully saturated rings. The number of nitriles is 1. The van der Waals surface area contributed by atoms with Crippen LogP contribution >= 0.6 is 0 Å². The van der Waals surface area contributed by atoms with Crippen LogP contribution in [0.1, 0.15) is 11.1 Å². The zero-order chi connectivity index (χ0) is 29.4. The molecule has 0 N–H and O–H groups in total. The summed E-state index contributed by atoms with van der Waals surface area (Å²) in [5.41, 5.74) is 9.81. The van der Waals surface area contributed by atoms with Gasteiger partial charge in [0, 0.05) is 32.5 Å². The number of para-hydroxylation sites is 2. The zero-order valence-electron chi connectivity index (χ0n) is 23.5. The summed E-state index contributed by atoms with van der Waals surface area (Å²) in [4.78, 5) is 4.07. The van der Waals surface area contributed by atoms with Crippen LogP contribution in [0.2, 0.25) is 0 Å². The van der Waals surface area contributed by atoms with Crippen molar-refractivity contribution in [3.8, 4) is 22.9 Å². The molecule has 0 spiro atoms. The topological polar surface area (TPSA) is 67.4 Å². The average Bonchev–Trinajstić information content (AvgIpc) is 3.73. The quantitative estimate of drug-likeness (QED) is 0.199. The molecule has 0 radical (unpaired) electrons. The molecule has 3 aromatic heterocycles. The molecule has 0 bridgehead atoms. The van der Waals surface area contributed by atoms with E-state index >= 15 is 0 Å². The second-order valence-corrected chi connectivity index (χ2v) is 11.1. The Morgan fingerprint density at radius 2 is 1.39 bits per heavy atom. The minimum absolute atomic E-state index is 0.536. The van der Waals surface area contributed by atoms with Crippen LogP contribution in [0.25, 0.3) is 82.5 Å². The molecule has 6 aromatic carbocycles. The Bertz CT molecular complexity index is 2680. The summed E-state index contributed by atoms with van der Waals surface area (Å²) in [6.07, 6.45) is 0. The van der Waals surface area contributed by atoms with Crippen molar-refractivity contribution in [1.82, 2.24) is 4.57 Å². The SMILES string of the molecule is C=NCc1ccc2oc3ccc(-c4c(C#N)cccc4-n4c5ccccc5c5ccc6oc7ccccc7c6c54)cc3c2c1. The molecule has 0 aliphatic rings. The Balaban J connectivity index is 1.41. The Hall–Kier alpha value is -6.12. The van der Waals surface area contributed by atoms with E-state index in [1.807, 2.05) is 54.6 Å². The number of benzene rings is 6. The fourth-order valence-electron chi connectivity index (χ4n) is 6.85. The lowest BCUT2D eigenvalue weighted by Gasteiger charge is -2.16. The second-order valence-electron chi connectivity index (χ2n) is 11.1. The van der Waals surface area contributed by atoms with Crippen LogP contribution in [0.5, 0.6) is 0 Å². The van der Waals surface area contributed by atoms with Gasteiger partial charge in [-0.3, -0.25) is 4.99 Å². The van der Waals surface area contributed by atoms with Gasteiger partial charge in [-0.2, -0.15) is 5.26 Å². The summed E-state index contributed by atoms with van der Waals surface area (Å²) in [5, 5.41) is 16.8. The number of aromatic nitrogens is 1. The number of aliphatic imine (C=N–C) groups is 1. The van der Waals surface area contributed by atoms with Gasteiger partial charge in [0.1, 0.15) is 22.3 Å². The molecule has 5 heteroatoms. The van der Waals surface area contributed by atoms with Crippen molar-refractivity contribution in [2.45, 2.75) is 6.54 Å². The van der Waals surface area contributed by atoms with Crippen molar-refractivity contribution in [3.05, 3.63) is 126 Å². The van der Waals surface area contributed by atoms with E-state index in [0.717, 1.165) is 88.1 Å². The highest BCUT2D eigenvalue weighted by atomic mass is 16.3. The van der Waals surface area contributed by atoms with Crippen LogP contribution in [0.15, 0.2) is 129 Å². The minimum Gasteiger partial charge on any atom is -0.456 e. The predicted molar refractivity (Wildman–Crippen MR) is 179 cm³/mol. The lowest BCUT2D eigenvalue weighted by atomic mass is 9.96. The fraction of sp³-hybridized carbons (Fsp3) is 0.0256. The van der Waals surface area contributed by atoms with Gasteiger partial charge in [-0.25, -0.2) is 0 Å². The van der Waals surface area contributed by atoms with Crippen molar-refractivity contribution in [1.29, 1.82) is 5.26 Å². The number of furan rings is 2. The Morgan fingerprint density at radius 1 is 0.659 bits per heavy atom. The highest BCUT2D eigenvalue weighted by molar-refractivity contribution is 6.24. The number of hydrogen-bond donors (Lipinski definition) is 0. The predicted octanol–water partition coefficient (Wildman–Crippen LogP) is 10.3. The lowest BCUT2D eigenvalue weighted by Crippen LogP contribution is -1.99. The van der Waals surface area contributed by atoms with E-state index < -0.39 is 0 Å². The average molecular weight is 566 g/mol. The monoisotopic (exact) mass is 565 g/mol. The fourth-order valence-corrected chi connectivity index (χ4v) is 6.85. The van der Waals surface area contributed by atoms with Gasteiger partial charge in [-0.15, -0.1) is 0 Å². The van der Waals surface area contributed by atoms with Crippen LogP contribution in [0.3, 0.4) is 0 Å². The number of fused-ring (bicyclic) bond motifs is 10. The maximum atomic E-state index is 10.4. The van der Waals surface area contributed by atoms with Gasteiger partial charge in [0.05, 0.1) is 40.3 Å². The highest BCUT2D eigenvalue weighted by Crippen LogP contribution is 2.43. The molecule has 206 valence electrons. The van der Waals surface area contributed by atoms with E-state index in [4.69, 9.17) is 8.83 Å². The van der Waals surface area contributed by atoms with Gasteiger partial charge in [-0.05, 0) is 78.5 Å². The van der Waals surface area contributed by atoms with Gasteiger partial charge in [-0.1, -0.05) is 54.6 Å². The summed E-state index contributed by atoms with van der Waals surface area (Å²) in [6, 6.07) is 41.6. The molecule has 9 rings (SSSR count). The van der Waals surface area contributed by atoms with Crippen LogP contribution < -0.4 is 0 Å². The van der Waals surface area contributed by atoms with Crippen LogP contribution in [-0.2, 0) is 6.54 Å². The van der Waals surface area contributed by atoms with Gasteiger partial charge in [0.25, 0.3) is 0 Å². The molecule has 3 heterocycles. The molecule has 0 saturated carbocycles. The first-order chi connectivity index (χ1) is 21.7. The van der Waals surface area contributed by atoms with Crippen LogP contribution in [0.4, 0.5) is 0 Å². The van der Waals surface area contributed by atoms with Gasteiger partial charge < -0.3 is 13.4 Å². The molecule has 0 saturated heterocycles. The van der Waals surface area contributed by atoms with E-state index in [1.54, 1.807) is 0 Å². The van der Waals surface area contributed by atoms with E-state index in [1.165, 1.54) is 0 Å². The third kappa shape index (κ3) is 3.37. The third-order valence-corrected chi connectivity index (χ3v) is 8.70. The van der Waals surface area contributed by atoms with E-state index in [0.29, 0.717) is 12.1 Å². The molecule has 0 unspecified atom stereocenters. The molecule has 44 heavy (non-hydrogen) atoms. The molecule has 0 aliphatic heterocycles. The van der Waals surface area contributed by atoms with Crippen molar-refractivity contribution in [2.24, 2.45) is 4.99 Å². The number of rotatable bonds is 4.